The zero-order chi connectivity index (χ0) is 13.2. The lowest BCUT2D eigenvalue weighted by Gasteiger charge is -2.32. The van der Waals surface area contributed by atoms with Crippen molar-refractivity contribution in [2.24, 2.45) is 0 Å². The summed E-state index contributed by atoms with van der Waals surface area (Å²) < 4.78 is 26.8. The Kier molecular flexibility index (Phi) is 3.97. The minimum absolute atomic E-state index is 0.0369. The van der Waals surface area contributed by atoms with Gasteiger partial charge in [-0.05, 0) is 50.9 Å². The van der Waals surface area contributed by atoms with Crippen LogP contribution in [0.4, 0.5) is 8.78 Å². The van der Waals surface area contributed by atoms with Gasteiger partial charge in [0.2, 0.25) is 0 Å². The second kappa shape index (κ2) is 5.33. The Balaban J connectivity index is 2.15. The molecule has 100 valence electrons. The molecule has 1 aromatic rings. The van der Waals surface area contributed by atoms with E-state index < -0.39 is 17.2 Å². The summed E-state index contributed by atoms with van der Waals surface area (Å²) in [5.74, 6) is -1.08. The van der Waals surface area contributed by atoms with E-state index in [9.17, 15) is 13.9 Å². The molecule has 0 radical (unpaired) electrons. The van der Waals surface area contributed by atoms with Crippen LogP contribution in [0, 0.1) is 11.6 Å². The van der Waals surface area contributed by atoms with E-state index in [1.54, 1.807) is 6.92 Å². The van der Waals surface area contributed by atoms with Gasteiger partial charge in [0.05, 0.1) is 5.60 Å². The number of halogens is 2. The molecule has 2 nitrogen and oxygen atoms in total. The van der Waals surface area contributed by atoms with Gasteiger partial charge in [-0.1, -0.05) is 6.42 Å². The lowest BCUT2D eigenvalue weighted by molar-refractivity contribution is 0.0295. The van der Waals surface area contributed by atoms with Gasteiger partial charge >= 0.3 is 0 Å². The maximum Gasteiger partial charge on any atom is 0.129 e. The van der Waals surface area contributed by atoms with E-state index >= 15 is 0 Å². The molecule has 1 aliphatic heterocycles. The average Bonchev–Trinajstić information content (AvgIpc) is 2.33. The molecule has 0 spiro atoms. The number of benzene rings is 1. The van der Waals surface area contributed by atoms with E-state index in [4.69, 9.17) is 0 Å². The van der Waals surface area contributed by atoms with Crippen LogP contribution in [0.5, 0.6) is 0 Å². The lowest BCUT2D eigenvalue weighted by atomic mass is 9.86. The maximum atomic E-state index is 13.7. The standard InChI is InChI=1S/C14H19F2NO/c1-14(18,9-11-4-2-3-7-17-11)12-8-10(15)5-6-13(12)16/h5-6,8,11,17-18H,2-4,7,9H2,1H3. The smallest absolute Gasteiger partial charge is 0.129 e. The van der Waals surface area contributed by atoms with Gasteiger partial charge in [-0.15, -0.1) is 0 Å². The average molecular weight is 255 g/mol. The Morgan fingerprint density at radius 2 is 2.17 bits per heavy atom. The third-order valence-corrected chi connectivity index (χ3v) is 3.56. The SMILES string of the molecule is CC(O)(CC1CCCCN1)c1cc(F)ccc1F. The quantitative estimate of drug-likeness (QED) is 0.870. The predicted octanol–water partition coefficient (Wildman–Crippen LogP) is 2.70. The molecule has 4 heteroatoms. The molecule has 1 heterocycles. The van der Waals surface area contributed by atoms with Gasteiger partial charge in [-0.3, -0.25) is 0 Å². The van der Waals surface area contributed by atoms with Crippen molar-refractivity contribution >= 4 is 0 Å². The van der Waals surface area contributed by atoms with Crippen molar-refractivity contribution in [3.8, 4) is 0 Å². The van der Waals surface area contributed by atoms with E-state index in [0.717, 1.165) is 44.0 Å². The highest BCUT2D eigenvalue weighted by molar-refractivity contribution is 5.24. The molecule has 0 bridgehead atoms. The summed E-state index contributed by atoms with van der Waals surface area (Å²) in [5.41, 5.74) is -1.31. The molecule has 0 aliphatic carbocycles. The molecular weight excluding hydrogens is 236 g/mol. The molecule has 2 N–H and O–H groups in total. The Labute approximate surface area is 106 Å². The summed E-state index contributed by atoms with van der Waals surface area (Å²) in [5, 5.41) is 13.7. The molecular formula is C14H19F2NO. The van der Waals surface area contributed by atoms with Crippen LogP contribution in [-0.4, -0.2) is 17.7 Å². The van der Waals surface area contributed by atoms with Crippen LogP contribution in [0.1, 0.15) is 38.2 Å². The fourth-order valence-corrected chi connectivity index (χ4v) is 2.60. The zero-order valence-corrected chi connectivity index (χ0v) is 10.5. The van der Waals surface area contributed by atoms with E-state index in [-0.39, 0.29) is 11.6 Å². The maximum absolute atomic E-state index is 13.7. The van der Waals surface area contributed by atoms with E-state index in [0.29, 0.717) is 6.42 Å². The van der Waals surface area contributed by atoms with Gasteiger partial charge in [0, 0.05) is 11.6 Å². The summed E-state index contributed by atoms with van der Waals surface area (Å²) in [6.45, 7) is 2.47. The highest BCUT2D eigenvalue weighted by Crippen LogP contribution is 2.30. The number of hydrogen-bond donors (Lipinski definition) is 2. The number of nitrogens with one attached hydrogen (secondary N) is 1. The number of aliphatic hydroxyl groups is 1. The molecule has 2 rings (SSSR count). The van der Waals surface area contributed by atoms with Crippen LogP contribution in [0.3, 0.4) is 0 Å². The molecule has 0 amide bonds. The van der Waals surface area contributed by atoms with Crippen LogP contribution in [0.2, 0.25) is 0 Å². The van der Waals surface area contributed by atoms with Crippen LogP contribution < -0.4 is 5.32 Å². The Morgan fingerprint density at radius 1 is 1.39 bits per heavy atom. The first kappa shape index (κ1) is 13.4. The fraction of sp³-hybridized carbons (Fsp3) is 0.571. The minimum Gasteiger partial charge on any atom is -0.385 e. The molecule has 2 unspecified atom stereocenters. The Morgan fingerprint density at radius 3 is 2.83 bits per heavy atom. The number of piperidine rings is 1. The van der Waals surface area contributed by atoms with Crippen molar-refractivity contribution < 1.29 is 13.9 Å². The van der Waals surface area contributed by atoms with Gasteiger partial charge in [-0.2, -0.15) is 0 Å². The fourth-order valence-electron chi connectivity index (χ4n) is 2.60. The molecule has 0 aromatic heterocycles. The zero-order valence-electron chi connectivity index (χ0n) is 10.5. The summed E-state index contributed by atoms with van der Waals surface area (Å²) in [4.78, 5) is 0. The van der Waals surface area contributed by atoms with Crippen molar-refractivity contribution in [3.05, 3.63) is 35.4 Å². The second-order valence-electron chi connectivity index (χ2n) is 5.25. The van der Waals surface area contributed by atoms with Gasteiger partial charge in [0.25, 0.3) is 0 Å². The molecule has 0 saturated carbocycles. The summed E-state index contributed by atoms with van der Waals surface area (Å²) >= 11 is 0. The minimum atomic E-state index is -1.35. The molecule has 1 saturated heterocycles. The third-order valence-electron chi connectivity index (χ3n) is 3.56. The first-order valence-electron chi connectivity index (χ1n) is 6.40. The van der Waals surface area contributed by atoms with Crippen molar-refractivity contribution in [2.75, 3.05) is 6.54 Å². The topological polar surface area (TPSA) is 32.3 Å². The predicted molar refractivity (Wildman–Crippen MR) is 66.2 cm³/mol. The van der Waals surface area contributed by atoms with Crippen molar-refractivity contribution in [1.29, 1.82) is 0 Å². The van der Waals surface area contributed by atoms with E-state index in [1.165, 1.54) is 0 Å². The highest BCUT2D eigenvalue weighted by Gasteiger charge is 2.31. The first-order chi connectivity index (χ1) is 8.49. The molecule has 1 fully saturated rings. The second-order valence-corrected chi connectivity index (χ2v) is 5.25. The molecule has 1 aromatic carbocycles. The van der Waals surface area contributed by atoms with E-state index in [1.807, 2.05) is 0 Å². The van der Waals surface area contributed by atoms with Gasteiger partial charge < -0.3 is 10.4 Å². The van der Waals surface area contributed by atoms with Crippen molar-refractivity contribution in [1.82, 2.24) is 5.32 Å². The normalized spacial score (nSPS) is 23.7. The summed E-state index contributed by atoms with van der Waals surface area (Å²) in [6, 6.07) is 3.37. The van der Waals surface area contributed by atoms with Crippen LogP contribution in [0.25, 0.3) is 0 Å². The van der Waals surface area contributed by atoms with Gasteiger partial charge in [0.15, 0.2) is 0 Å². The molecule has 18 heavy (non-hydrogen) atoms. The van der Waals surface area contributed by atoms with E-state index in [2.05, 4.69) is 5.32 Å². The molecule has 1 aliphatic rings. The number of hydrogen-bond acceptors (Lipinski definition) is 2. The largest absolute Gasteiger partial charge is 0.385 e. The Bertz CT molecular complexity index is 414. The van der Waals surface area contributed by atoms with Gasteiger partial charge in [0.1, 0.15) is 11.6 Å². The Hall–Kier alpha value is -1.00. The van der Waals surface area contributed by atoms with Crippen molar-refractivity contribution in [2.45, 2.75) is 44.2 Å². The van der Waals surface area contributed by atoms with Crippen LogP contribution in [-0.2, 0) is 5.60 Å². The molecule has 2 atom stereocenters. The highest BCUT2D eigenvalue weighted by atomic mass is 19.1. The number of rotatable bonds is 3. The van der Waals surface area contributed by atoms with Crippen molar-refractivity contribution in [3.63, 3.8) is 0 Å². The first-order valence-corrected chi connectivity index (χ1v) is 6.40. The summed E-state index contributed by atoms with van der Waals surface area (Å²) in [7, 11) is 0. The monoisotopic (exact) mass is 255 g/mol. The lowest BCUT2D eigenvalue weighted by Crippen LogP contribution is -2.40. The van der Waals surface area contributed by atoms with Crippen LogP contribution >= 0.6 is 0 Å². The van der Waals surface area contributed by atoms with Crippen LogP contribution in [0.15, 0.2) is 18.2 Å². The van der Waals surface area contributed by atoms with Gasteiger partial charge in [-0.25, -0.2) is 8.78 Å². The third kappa shape index (κ3) is 3.06. The summed E-state index contributed by atoms with van der Waals surface area (Å²) in [6.07, 6.45) is 3.60.